The molecule has 0 radical (unpaired) electrons. The number of aryl methyl sites for hydroxylation is 1. The SMILES string of the molecule is Cc1ccccc1N(C)CC(=O)Cc1ccc(C#N)cc1. The van der Waals surface area contributed by atoms with Crippen LogP contribution >= 0.6 is 0 Å². The highest BCUT2D eigenvalue weighted by molar-refractivity contribution is 5.85. The molecule has 21 heavy (non-hydrogen) atoms. The fraction of sp³-hybridized carbons (Fsp3) is 0.222. The van der Waals surface area contributed by atoms with Crippen LogP contribution in [0.15, 0.2) is 48.5 Å². The van der Waals surface area contributed by atoms with Crippen LogP contribution in [-0.2, 0) is 11.2 Å². The van der Waals surface area contributed by atoms with E-state index in [0.29, 0.717) is 18.5 Å². The maximum Gasteiger partial charge on any atom is 0.156 e. The Balaban J connectivity index is 1.98. The van der Waals surface area contributed by atoms with E-state index in [1.807, 2.05) is 55.3 Å². The second-order valence-electron chi connectivity index (χ2n) is 5.17. The highest BCUT2D eigenvalue weighted by Crippen LogP contribution is 2.17. The third kappa shape index (κ3) is 3.93. The number of para-hydroxylation sites is 1. The molecule has 0 saturated carbocycles. The van der Waals surface area contributed by atoms with Gasteiger partial charge in [-0.25, -0.2) is 0 Å². The van der Waals surface area contributed by atoms with Crippen LogP contribution in [0, 0.1) is 18.3 Å². The Bertz CT molecular complexity index is 668. The van der Waals surface area contributed by atoms with Crippen LogP contribution in [0.1, 0.15) is 16.7 Å². The Morgan fingerprint density at radius 3 is 2.43 bits per heavy atom. The molecular formula is C18H18N2O. The Hall–Kier alpha value is -2.60. The topological polar surface area (TPSA) is 44.1 Å². The fourth-order valence-corrected chi connectivity index (χ4v) is 2.32. The summed E-state index contributed by atoms with van der Waals surface area (Å²) in [5.41, 5.74) is 3.79. The molecule has 2 rings (SSSR count). The lowest BCUT2D eigenvalue weighted by Gasteiger charge is -2.20. The summed E-state index contributed by atoms with van der Waals surface area (Å²) >= 11 is 0. The maximum atomic E-state index is 12.2. The van der Waals surface area contributed by atoms with Crippen molar-refractivity contribution in [2.45, 2.75) is 13.3 Å². The molecule has 0 atom stereocenters. The third-order valence-electron chi connectivity index (χ3n) is 3.42. The van der Waals surface area contributed by atoms with Crippen LogP contribution in [-0.4, -0.2) is 19.4 Å². The van der Waals surface area contributed by atoms with Crippen molar-refractivity contribution in [2.75, 3.05) is 18.5 Å². The molecule has 106 valence electrons. The van der Waals surface area contributed by atoms with Gasteiger partial charge in [-0.05, 0) is 36.2 Å². The zero-order valence-electron chi connectivity index (χ0n) is 12.3. The summed E-state index contributed by atoms with van der Waals surface area (Å²) in [6.07, 6.45) is 0.391. The van der Waals surface area contributed by atoms with Crippen LogP contribution in [0.5, 0.6) is 0 Å². The Morgan fingerprint density at radius 2 is 1.81 bits per heavy atom. The monoisotopic (exact) mass is 278 g/mol. The second kappa shape index (κ2) is 6.71. The molecular weight excluding hydrogens is 260 g/mol. The van der Waals surface area contributed by atoms with Crippen molar-refractivity contribution in [2.24, 2.45) is 0 Å². The lowest BCUT2D eigenvalue weighted by molar-refractivity contribution is -0.117. The average molecular weight is 278 g/mol. The zero-order valence-corrected chi connectivity index (χ0v) is 12.3. The second-order valence-corrected chi connectivity index (χ2v) is 5.17. The number of Topliss-reactive ketones (excluding diaryl/α,β-unsaturated/α-hetero) is 1. The highest BCUT2D eigenvalue weighted by atomic mass is 16.1. The molecule has 0 aromatic heterocycles. The van der Waals surface area contributed by atoms with Crippen molar-refractivity contribution in [3.63, 3.8) is 0 Å². The normalized spacial score (nSPS) is 9.95. The molecule has 0 fully saturated rings. The lowest BCUT2D eigenvalue weighted by Crippen LogP contribution is -2.27. The van der Waals surface area contributed by atoms with Crippen LogP contribution < -0.4 is 4.90 Å². The number of nitriles is 1. The Labute approximate surface area is 125 Å². The van der Waals surface area contributed by atoms with Gasteiger partial charge in [0.05, 0.1) is 18.2 Å². The standard InChI is InChI=1S/C18H18N2O/c1-14-5-3-4-6-18(14)20(2)13-17(21)11-15-7-9-16(12-19)10-8-15/h3-10H,11,13H2,1-2H3. The van der Waals surface area contributed by atoms with Crippen LogP contribution in [0.25, 0.3) is 0 Å². The molecule has 2 aromatic rings. The smallest absolute Gasteiger partial charge is 0.156 e. The van der Waals surface area contributed by atoms with Gasteiger partial charge in [-0.3, -0.25) is 4.79 Å². The Morgan fingerprint density at radius 1 is 1.14 bits per heavy atom. The molecule has 0 aliphatic rings. The molecule has 0 heterocycles. The highest BCUT2D eigenvalue weighted by Gasteiger charge is 2.10. The van der Waals surface area contributed by atoms with Gasteiger partial charge in [0, 0.05) is 19.2 Å². The van der Waals surface area contributed by atoms with E-state index >= 15 is 0 Å². The number of likely N-dealkylation sites (N-methyl/N-ethyl adjacent to an activating group) is 1. The van der Waals surface area contributed by atoms with Crippen molar-refractivity contribution in [3.05, 3.63) is 65.2 Å². The minimum atomic E-state index is 0.158. The number of anilines is 1. The molecule has 3 heteroatoms. The van der Waals surface area contributed by atoms with Crippen LogP contribution in [0.4, 0.5) is 5.69 Å². The first-order chi connectivity index (χ1) is 10.1. The molecule has 0 unspecified atom stereocenters. The van der Waals surface area contributed by atoms with E-state index < -0.39 is 0 Å². The van der Waals surface area contributed by atoms with Gasteiger partial charge in [0.1, 0.15) is 0 Å². The number of carbonyl (C=O) groups excluding carboxylic acids is 1. The average Bonchev–Trinajstić information content (AvgIpc) is 2.48. The van der Waals surface area contributed by atoms with Crippen molar-refractivity contribution in [1.29, 1.82) is 5.26 Å². The summed E-state index contributed by atoms with van der Waals surface area (Å²) in [4.78, 5) is 14.1. The van der Waals surface area contributed by atoms with Gasteiger partial charge >= 0.3 is 0 Å². The molecule has 0 aliphatic heterocycles. The van der Waals surface area contributed by atoms with E-state index in [-0.39, 0.29) is 5.78 Å². The molecule has 0 N–H and O–H groups in total. The molecule has 2 aromatic carbocycles. The van der Waals surface area contributed by atoms with Crippen LogP contribution in [0.3, 0.4) is 0 Å². The third-order valence-corrected chi connectivity index (χ3v) is 3.42. The molecule has 0 bridgehead atoms. The molecule has 0 saturated heterocycles. The number of benzene rings is 2. The number of rotatable bonds is 5. The number of carbonyl (C=O) groups is 1. The van der Waals surface area contributed by atoms with Gasteiger partial charge in [0.25, 0.3) is 0 Å². The number of nitrogens with zero attached hydrogens (tertiary/aromatic N) is 2. The molecule has 0 spiro atoms. The van der Waals surface area contributed by atoms with Crippen molar-refractivity contribution in [1.82, 2.24) is 0 Å². The summed E-state index contributed by atoms with van der Waals surface area (Å²) in [6, 6.07) is 17.3. The predicted molar refractivity (Wildman–Crippen MR) is 84.3 cm³/mol. The van der Waals surface area contributed by atoms with E-state index in [1.54, 1.807) is 12.1 Å². The van der Waals surface area contributed by atoms with Gasteiger partial charge in [-0.2, -0.15) is 5.26 Å². The summed E-state index contributed by atoms with van der Waals surface area (Å²) in [6.45, 7) is 2.42. The number of ketones is 1. The Kier molecular flexibility index (Phi) is 4.73. The summed E-state index contributed by atoms with van der Waals surface area (Å²) in [5.74, 6) is 0.158. The summed E-state index contributed by atoms with van der Waals surface area (Å²) in [7, 11) is 1.93. The van der Waals surface area contributed by atoms with Crippen LogP contribution in [0.2, 0.25) is 0 Å². The van der Waals surface area contributed by atoms with E-state index in [9.17, 15) is 4.79 Å². The largest absolute Gasteiger partial charge is 0.367 e. The minimum Gasteiger partial charge on any atom is -0.367 e. The van der Waals surface area contributed by atoms with Gasteiger partial charge in [0.15, 0.2) is 5.78 Å². The maximum absolute atomic E-state index is 12.2. The quantitative estimate of drug-likeness (QED) is 0.844. The first-order valence-corrected chi connectivity index (χ1v) is 6.87. The van der Waals surface area contributed by atoms with E-state index in [1.165, 1.54) is 0 Å². The first kappa shape index (κ1) is 14.8. The van der Waals surface area contributed by atoms with Gasteiger partial charge < -0.3 is 4.90 Å². The number of hydrogen-bond donors (Lipinski definition) is 0. The zero-order chi connectivity index (χ0) is 15.2. The summed E-state index contributed by atoms with van der Waals surface area (Å²) < 4.78 is 0. The van der Waals surface area contributed by atoms with E-state index in [2.05, 4.69) is 6.07 Å². The van der Waals surface area contributed by atoms with Gasteiger partial charge in [0.2, 0.25) is 0 Å². The fourth-order valence-electron chi connectivity index (χ4n) is 2.32. The first-order valence-electron chi connectivity index (χ1n) is 6.87. The van der Waals surface area contributed by atoms with Gasteiger partial charge in [-0.15, -0.1) is 0 Å². The molecule has 0 amide bonds. The summed E-state index contributed by atoms with van der Waals surface area (Å²) in [5, 5.41) is 8.76. The van der Waals surface area contributed by atoms with E-state index in [4.69, 9.17) is 5.26 Å². The van der Waals surface area contributed by atoms with Gasteiger partial charge in [-0.1, -0.05) is 30.3 Å². The van der Waals surface area contributed by atoms with Crippen molar-refractivity contribution >= 4 is 11.5 Å². The van der Waals surface area contributed by atoms with Crippen molar-refractivity contribution < 1.29 is 4.79 Å². The van der Waals surface area contributed by atoms with Crippen molar-refractivity contribution in [3.8, 4) is 6.07 Å². The minimum absolute atomic E-state index is 0.158. The lowest BCUT2D eigenvalue weighted by atomic mass is 10.1. The molecule has 0 aliphatic carbocycles. The number of hydrogen-bond acceptors (Lipinski definition) is 3. The molecule has 3 nitrogen and oxygen atoms in total. The van der Waals surface area contributed by atoms with E-state index in [0.717, 1.165) is 16.8 Å². The predicted octanol–water partition coefficient (Wildman–Crippen LogP) is 3.11.